The average molecular weight is 518 g/mol. The van der Waals surface area contributed by atoms with Gasteiger partial charge < -0.3 is 30.2 Å². The lowest BCUT2D eigenvalue weighted by Gasteiger charge is -2.42. The molecular weight excluding hydrogens is 486 g/mol. The molecule has 1 aromatic heterocycles. The van der Waals surface area contributed by atoms with Crippen LogP contribution in [-0.4, -0.2) is 73.1 Å². The van der Waals surface area contributed by atoms with Crippen LogP contribution in [0.1, 0.15) is 18.4 Å². The standard InChI is InChI=1S/C25H32ClN5O3S/c1-34-25(17-30-18-32)7-10-31(11-8-25)24-22(15-29-16-23(24)26)20-5-3-19(4-6-20)21(13-27)14-28-9-12-35(2)33/h3-6,13-16,18,27-28H,7-12,17H2,1-2H3,(H,30,32)/b21-14+,27-13?. The monoisotopic (exact) mass is 517 g/mol. The maximum absolute atomic E-state index is 11.2. The Labute approximate surface area is 214 Å². The predicted molar refractivity (Wildman–Crippen MR) is 144 cm³/mol. The van der Waals surface area contributed by atoms with Crippen molar-refractivity contribution >= 4 is 46.7 Å². The van der Waals surface area contributed by atoms with E-state index in [0.29, 0.717) is 30.3 Å². The highest BCUT2D eigenvalue weighted by molar-refractivity contribution is 7.90. The maximum atomic E-state index is 11.2. The number of allylic oxidation sites excluding steroid dienone is 1. The van der Waals surface area contributed by atoms with E-state index >= 15 is 0 Å². The number of carbonyl (C=O) groups is 1. The van der Waals surface area contributed by atoms with E-state index in [1.165, 1.54) is 6.21 Å². The number of hydrogen-bond donors (Lipinski definition) is 3. The van der Waals surface area contributed by atoms with Crippen molar-refractivity contribution in [2.45, 2.75) is 18.4 Å². The van der Waals surface area contributed by atoms with Crippen molar-refractivity contribution in [1.29, 1.82) is 5.41 Å². The molecule has 10 heteroatoms. The van der Waals surface area contributed by atoms with Gasteiger partial charge in [0, 0.05) is 62.7 Å². The highest BCUT2D eigenvalue weighted by Crippen LogP contribution is 2.39. The summed E-state index contributed by atoms with van der Waals surface area (Å²) in [6, 6.07) is 7.94. The first-order valence-corrected chi connectivity index (χ1v) is 13.5. The summed E-state index contributed by atoms with van der Waals surface area (Å²) >= 11 is 5.78. The molecule has 3 N–H and O–H groups in total. The summed E-state index contributed by atoms with van der Waals surface area (Å²) in [5, 5.41) is 14.2. The van der Waals surface area contributed by atoms with Crippen molar-refractivity contribution in [2.75, 3.05) is 50.2 Å². The molecule has 35 heavy (non-hydrogen) atoms. The highest BCUT2D eigenvalue weighted by Gasteiger charge is 2.35. The van der Waals surface area contributed by atoms with Gasteiger partial charge in [0.2, 0.25) is 6.41 Å². The number of halogens is 1. The molecule has 1 unspecified atom stereocenters. The minimum absolute atomic E-state index is 0.381. The second kappa shape index (κ2) is 12.9. The first-order valence-electron chi connectivity index (χ1n) is 11.4. The van der Waals surface area contributed by atoms with Gasteiger partial charge in [-0.2, -0.15) is 0 Å². The van der Waals surface area contributed by atoms with Gasteiger partial charge in [0.1, 0.15) is 5.75 Å². The Morgan fingerprint density at radius 1 is 1.29 bits per heavy atom. The zero-order chi connectivity index (χ0) is 25.3. The first-order chi connectivity index (χ1) is 16.9. The van der Waals surface area contributed by atoms with Crippen LogP contribution in [0.15, 0.2) is 42.9 Å². The summed E-state index contributed by atoms with van der Waals surface area (Å²) in [6.45, 7) is 2.53. The number of benzene rings is 1. The summed E-state index contributed by atoms with van der Waals surface area (Å²) in [7, 11) is 1.69. The van der Waals surface area contributed by atoms with E-state index in [4.69, 9.17) is 21.7 Å². The molecule has 1 saturated heterocycles. The van der Waals surface area contributed by atoms with Gasteiger partial charge in [-0.3, -0.25) is 9.78 Å². The zero-order valence-corrected chi connectivity index (χ0v) is 21.6. The lowest BCUT2D eigenvalue weighted by molar-refractivity contribution is -0.111. The third-order valence-electron chi connectivity index (χ3n) is 6.28. The summed E-state index contributed by atoms with van der Waals surface area (Å²) in [6.07, 6.45) is 10.4. The number of piperidine rings is 1. The Hall–Kier alpha value is -2.59. The van der Waals surface area contributed by atoms with Gasteiger partial charge in [0.15, 0.2) is 0 Å². The van der Waals surface area contributed by atoms with Crippen molar-refractivity contribution in [3.63, 3.8) is 0 Å². The second-order valence-electron chi connectivity index (χ2n) is 8.44. The number of hydrogen-bond acceptors (Lipinski definition) is 7. The summed E-state index contributed by atoms with van der Waals surface area (Å²) in [4.78, 5) is 17.4. The molecule has 1 fully saturated rings. The molecule has 1 aromatic carbocycles. The van der Waals surface area contributed by atoms with Crippen LogP contribution in [0.2, 0.25) is 5.02 Å². The molecule has 1 aliphatic heterocycles. The number of ether oxygens (including phenoxy) is 1. The van der Waals surface area contributed by atoms with E-state index in [9.17, 15) is 9.35 Å². The number of pyridine rings is 1. The van der Waals surface area contributed by atoms with Gasteiger partial charge in [0.05, 0.1) is 29.1 Å². The molecule has 0 bridgehead atoms. The number of carbonyl (C=O) groups excluding carboxylic acids is 1. The summed E-state index contributed by atoms with van der Waals surface area (Å²) in [5.74, 6) is 0.556. The number of anilines is 1. The van der Waals surface area contributed by atoms with Crippen molar-refractivity contribution < 1.29 is 14.1 Å². The minimum Gasteiger partial charge on any atom is -0.617 e. The van der Waals surface area contributed by atoms with Gasteiger partial charge in [-0.1, -0.05) is 47.0 Å². The Balaban J connectivity index is 1.79. The molecular formula is C25H32ClN5O3S. The van der Waals surface area contributed by atoms with Gasteiger partial charge >= 0.3 is 0 Å². The number of rotatable bonds is 12. The normalized spacial score (nSPS) is 16.5. The topological polar surface area (TPSA) is 113 Å². The lowest BCUT2D eigenvalue weighted by atomic mass is 9.90. The third-order valence-corrected chi connectivity index (χ3v) is 7.34. The molecule has 1 amide bonds. The molecule has 0 aliphatic carbocycles. The SMILES string of the molecule is COC1(CNC=O)CCN(c2c(Cl)cncc2-c2ccc(/C(C=N)=C/NCC[S+](C)[O-])cc2)CC1. The van der Waals surface area contributed by atoms with Gasteiger partial charge in [-0.05, 0) is 24.0 Å². The molecule has 2 aromatic rings. The number of nitrogens with zero attached hydrogens (tertiary/aromatic N) is 2. The minimum atomic E-state index is -0.858. The molecule has 3 rings (SSSR count). The van der Waals surface area contributed by atoms with Crippen LogP contribution < -0.4 is 15.5 Å². The summed E-state index contributed by atoms with van der Waals surface area (Å²) < 4.78 is 17.0. The van der Waals surface area contributed by atoms with Gasteiger partial charge in [-0.25, -0.2) is 0 Å². The Kier molecular flexibility index (Phi) is 9.97. The third kappa shape index (κ3) is 6.98. The molecule has 2 heterocycles. The van der Waals surface area contributed by atoms with Crippen LogP contribution in [0.3, 0.4) is 0 Å². The number of aromatic nitrogens is 1. The smallest absolute Gasteiger partial charge is 0.207 e. The Morgan fingerprint density at radius 2 is 2.00 bits per heavy atom. The number of nitrogens with one attached hydrogen (secondary N) is 3. The van der Waals surface area contributed by atoms with E-state index in [2.05, 4.69) is 20.5 Å². The van der Waals surface area contributed by atoms with E-state index in [0.717, 1.165) is 53.9 Å². The van der Waals surface area contributed by atoms with Crippen LogP contribution in [0, 0.1) is 5.41 Å². The van der Waals surface area contributed by atoms with Crippen LogP contribution in [0.25, 0.3) is 16.7 Å². The quantitative estimate of drug-likeness (QED) is 0.172. The predicted octanol–water partition coefficient (Wildman–Crippen LogP) is 3.09. The van der Waals surface area contributed by atoms with Crippen LogP contribution in [0.5, 0.6) is 0 Å². The van der Waals surface area contributed by atoms with Crippen LogP contribution in [-0.2, 0) is 20.7 Å². The van der Waals surface area contributed by atoms with Crippen LogP contribution >= 0.6 is 11.6 Å². The van der Waals surface area contributed by atoms with Crippen LogP contribution in [0.4, 0.5) is 5.69 Å². The lowest BCUT2D eigenvalue weighted by Crippen LogP contribution is -2.51. The Bertz CT molecular complexity index is 1020. The fourth-order valence-corrected chi connectivity index (χ4v) is 4.90. The van der Waals surface area contributed by atoms with Crippen molar-refractivity contribution in [1.82, 2.24) is 15.6 Å². The first kappa shape index (κ1) is 27.0. The fraction of sp³-hybridized carbons (Fsp3) is 0.400. The van der Waals surface area contributed by atoms with E-state index in [1.807, 2.05) is 30.5 Å². The van der Waals surface area contributed by atoms with Gasteiger partial charge in [-0.15, -0.1) is 0 Å². The largest absolute Gasteiger partial charge is 0.617 e. The highest BCUT2D eigenvalue weighted by atomic mass is 35.5. The van der Waals surface area contributed by atoms with E-state index < -0.39 is 11.2 Å². The van der Waals surface area contributed by atoms with Crippen molar-refractivity contribution in [3.8, 4) is 11.1 Å². The second-order valence-corrected chi connectivity index (χ2v) is 10.4. The zero-order valence-electron chi connectivity index (χ0n) is 20.1. The summed E-state index contributed by atoms with van der Waals surface area (Å²) in [5.41, 5.74) is 4.09. The van der Waals surface area contributed by atoms with Crippen molar-refractivity contribution in [3.05, 3.63) is 53.4 Å². The molecule has 0 saturated carbocycles. The van der Waals surface area contributed by atoms with Crippen molar-refractivity contribution in [2.24, 2.45) is 0 Å². The van der Waals surface area contributed by atoms with Gasteiger partial charge in [0.25, 0.3) is 0 Å². The van der Waals surface area contributed by atoms with E-state index in [-0.39, 0.29) is 5.60 Å². The Morgan fingerprint density at radius 3 is 2.60 bits per heavy atom. The molecule has 8 nitrogen and oxygen atoms in total. The number of amides is 1. The molecule has 0 spiro atoms. The molecule has 1 aliphatic rings. The average Bonchev–Trinajstić information content (AvgIpc) is 2.88. The molecule has 1 atom stereocenters. The maximum Gasteiger partial charge on any atom is 0.207 e. The molecule has 0 radical (unpaired) electrons. The molecule has 188 valence electrons. The number of methoxy groups -OCH3 is 1. The van der Waals surface area contributed by atoms with E-state index in [1.54, 1.807) is 25.8 Å². The fourth-order valence-electron chi connectivity index (χ4n) is 4.21.